The van der Waals surface area contributed by atoms with Gasteiger partial charge in [-0.15, -0.1) is 0 Å². The fourth-order valence-electron chi connectivity index (χ4n) is 1.63. The van der Waals surface area contributed by atoms with Crippen LogP contribution < -0.4 is 9.62 Å². The molecule has 19 heavy (non-hydrogen) atoms. The number of aromatic nitrogens is 2. The maximum atomic E-state index is 11.8. The second-order valence-electron chi connectivity index (χ2n) is 4.31. The molecule has 1 aromatic heterocycles. The summed E-state index contributed by atoms with van der Waals surface area (Å²) < 4.78 is 26.3. The molecule has 0 radical (unpaired) electrons. The van der Waals surface area contributed by atoms with Crippen LogP contribution in [0.4, 0.5) is 5.82 Å². The van der Waals surface area contributed by atoms with Crippen molar-refractivity contribution in [2.24, 2.45) is 0 Å². The Morgan fingerprint density at radius 3 is 2.63 bits per heavy atom. The first-order valence-corrected chi connectivity index (χ1v) is 7.87. The van der Waals surface area contributed by atoms with Crippen LogP contribution in [-0.2, 0) is 21.4 Å². The Labute approximate surface area is 113 Å². The molecule has 1 heterocycles. The van der Waals surface area contributed by atoms with Gasteiger partial charge in [0.25, 0.3) is 0 Å². The number of nitrogens with zero attached hydrogens (tertiary/aromatic N) is 3. The summed E-state index contributed by atoms with van der Waals surface area (Å²) in [5.74, 6) is -0.106. The molecule has 1 amide bonds. The first-order valence-electron chi connectivity index (χ1n) is 6.02. The van der Waals surface area contributed by atoms with Crippen molar-refractivity contribution >= 4 is 21.7 Å². The summed E-state index contributed by atoms with van der Waals surface area (Å²) in [6, 6.07) is 1.67. The first-order chi connectivity index (χ1) is 8.79. The molecule has 0 spiro atoms. The molecule has 0 unspecified atom stereocenters. The van der Waals surface area contributed by atoms with Gasteiger partial charge in [0.05, 0.1) is 6.26 Å². The third-order valence-electron chi connectivity index (χ3n) is 2.63. The molecule has 108 valence electrons. The molecule has 1 rings (SSSR count). The standard InChI is InChI=1S/C11H20N4O3S/c1-5-6-14-9(2)7-10(13-14)15(19(4,17)18)8-11(16)12-3/h7H,5-6,8H2,1-4H3,(H,12,16). The summed E-state index contributed by atoms with van der Waals surface area (Å²) >= 11 is 0. The highest BCUT2D eigenvalue weighted by molar-refractivity contribution is 7.92. The van der Waals surface area contributed by atoms with Crippen LogP contribution in [0.15, 0.2) is 6.07 Å². The van der Waals surface area contributed by atoms with Gasteiger partial charge in [-0.1, -0.05) is 6.92 Å². The van der Waals surface area contributed by atoms with Crippen molar-refractivity contribution in [2.75, 3.05) is 24.2 Å². The van der Waals surface area contributed by atoms with E-state index in [4.69, 9.17) is 0 Å². The molecule has 0 atom stereocenters. The zero-order valence-electron chi connectivity index (χ0n) is 11.7. The second kappa shape index (κ2) is 6.05. The fraction of sp³-hybridized carbons (Fsp3) is 0.636. The fourth-order valence-corrected chi connectivity index (χ4v) is 2.41. The van der Waals surface area contributed by atoms with E-state index in [9.17, 15) is 13.2 Å². The maximum absolute atomic E-state index is 11.8. The number of carbonyl (C=O) groups excluding carboxylic acids is 1. The van der Waals surface area contributed by atoms with E-state index in [1.54, 1.807) is 10.7 Å². The molecular weight excluding hydrogens is 268 g/mol. The van der Waals surface area contributed by atoms with E-state index >= 15 is 0 Å². The molecule has 0 fully saturated rings. The summed E-state index contributed by atoms with van der Waals surface area (Å²) in [6.45, 7) is 4.31. The lowest BCUT2D eigenvalue weighted by Gasteiger charge is -2.18. The Balaban J connectivity index is 3.11. The van der Waals surface area contributed by atoms with Crippen molar-refractivity contribution in [1.82, 2.24) is 15.1 Å². The minimum atomic E-state index is -3.54. The maximum Gasteiger partial charge on any atom is 0.240 e. The number of aryl methyl sites for hydroxylation is 2. The average molecular weight is 288 g/mol. The van der Waals surface area contributed by atoms with Crippen LogP contribution in [0.1, 0.15) is 19.0 Å². The molecule has 0 aromatic carbocycles. The molecular formula is C11H20N4O3S. The van der Waals surface area contributed by atoms with Crippen LogP contribution >= 0.6 is 0 Å². The van der Waals surface area contributed by atoms with Crippen molar-refractivity contribution in [1.29, 1.82) is 0 Å². The predicted molar refractivity (Wildman–Crippen MR) is 73.5 cm³/mol. The Morgan fingerprint density at radius 1 is 1.53 bits per heavy atom. The van der Waals surface area contributed by atoms with E-state index in [-0.39, 0.29) is 18.3 Å². The topological polar surface area (TPSA) is 84.3 Å². The smallest absolute Gasteiger partial charge is 0.240 e. The van der Waals surface area contributed by atoms with E-state index in [0.29, 0.717) is 6.54 Å². The van der Waals surface area contributed by atoms with E-state index in [1.807, 2.05) is 13.8 Å². The van der Waals surface area contributed by atoms with Gasteiger partial charge in [-0.3, -0.25) is 9.48 Å². The SMILES string of the molecule is CCCn1nc(N(CC(=O)NC)S(C)(=O)=O)cc1C. The van der Waals surface area contributed by atoms with Crippen LogP contribution in [0.25, 0.3) is 0 Å². The highest BCUT2D eigenvalue weighted by Gasteiger charge is 2.23. The van der Waals surface area contributed by atoms with Crippen molar-refractivity contribution in [3.63, 3.8) is 0 Å². The normalized spacial score (nSPS) is 11.4. The lowest BCUT2D eigenvalue weighted by Crippen LogP contribution is -2.39. The van der Waals surface area contributed by atoms with Crippen molar-refractivity contribution in [3.05, 3.63) is 11.8 Å². The molecule has 0 aliphatic carbocycles. The number of carbonyl (C=O) groups is 1. The van der Waals surface area contributed by atoms with Gasteiger partial charge in [0, 0.05) is 25.4 Å². The molecule has 1 N–H and O–H groups in total. The zero-order chi connectivity index (χ0) is 14.6. The van der Waals surface area contributed by atoms with E-state index in [0.717, 1.165) is 22.7 Å². The minimum Gasteiger partial charge on any atom is -0.358 e. The number of sulfonamides is 1. The van der Waals surface area contributed by atoms with Crippen LogP contribution in [0.5, 0.6) is 0 Å². The zero-order valence-corrected chi connectivity index (χ0v) is 12.5. The van der Waals surface area contributed by atoms with Gasteiger partial charge in [0.15, 0.2) is 5.82 Å². The summed E-state index contributed by atoms with van der Waals surface area (Å²) in [5, 5.41) is 6.64. The summed E-state index contributed by atoms with van der Waals surface area (Å²) in [7, 11) is -2.08. The van der Waals surface area contributed by atoms with Crippen LogP contribution in [0, 0.1) is 6.92 Å². The van der Waals surface area contributed by atoms with Crippen LogP contribution in [-0.4, -0.2) is 44.0 Å². The lowest BCUT2D eigenvalue weighted by atomic mass is 10.4. The molecule has 0 saturated carbocycles. The van der Waals surface area contributed by atoms with Crippen molar-refractivity contribution < 1.29 is 13.2 Å². The Kier molecular flexibility index (Phi) is 4.93. The number of rotatable bonds is 6. The number of hydrogen-bond donors (Lipinski definition) is 1. The summed E-state index contributed by atoms with van der Waals surface area (Å²) in [4.78, 5) is 11.4. The van der Waals surface area contributed by atoms with Gasteiger partial charge in [-0.25, -0.2) is 12.7 Å². The lowest BCUT2D eigenvalue weighted by molar-refractivity contribution is -0.119. The number of nitrogens with one attached hydrogen (secondary N) is 1. The van der Waals surface area contributed by atoms with Gasteiger partial charge in [0.2, 0.25) is 15.9 Å². The highest BCUT2D eigenvalue weighted by atomic mass is 32.2. The summed E-state index contributed by atoms with van der Waals surface area (Å²) in [5.41, 5.74) is 0.863. The molecule has 1 aromatic rings. The van der Waals surface area contributed by atoms with Gasteiger partial charge >= 0.3 is 0 Å². The summed E-state index contributed by atoms with van der Waals surface area (Å²) in [6.07, 6.45) is 1.96. The van der Waals surface area contributed by atoms with E-state index < -0.39 is 10.0 Å². The van der Waals surface area contributed by atoms with Crippen molar-refractivity contribution in [3.8, 4) is 0 Å². The number of amides is 1. The van der Waals surface area contributed by atoms with Crippen LogP contribution in [0.2, 0.25) is 0 Å². The van der Waals surface area contributed by atoms with Gasteiger partial charge in [0.1, 0.15) is 6.54 Å². The second-order valence-corrected chi connectivity index (χ2v) is 6.22. The predicted octanol–water partition coefficient (Wildman–Crippen LogP) is 0.114. The van der Waals surface area contributed by atoms with Gasteiger partial charge < -0.3 is 5.32 Å². The quantitative estimate of drug-likeness (QED) is 0.805. The third-order valence-corrected chi connectivity index (χ3v) is 3.74. The first kappa shape index (κ1) is 15.5. The number of hydrogen-bond acceptors (Lipinski definition) is 4. The minimum absolute atomic E-state index is 0.266. The van der Waals surface area contributed by atoms with Crippen LogP contribution in [0.3, 0.4) is 0 Å². The monoisotopic (exact) mass is 288 g/mol. The highest BCUT2D eigenvalue weighted by Crippen LogP contribution is 2.17. The van der Waals surface area contributed by atoms with E-state index in [2.05, 4.69) is 10.4 Å². The molecule has 7 nitrogen and oxygen atoms in total. The molecule has 0 aliphatic heterocycles. The van der Waals surface area contributed by atoms with Gasteiger partial charge in [-0.2, -0.15) is 5.10 Å². The van der Waals surface area contributed by atoms with Gasteiger partial charge in [-0.05, 0) is 13.3 Å². The molecule has 0 saturated heterocycles. The molecule has 0 aliphatic rings. The van der Waals surface area contributed by atoms with Crippen molar-refractivity contribution in [2.45, 2.75) is 26.8 Å². The Morgan fingerprint density at radius 2 is 2.16 bits per heavy atom. The third kappa shape index (κ3) is 3.95. The number of anilines is 1. The number of likely N-dealkylation sites (N-methyl/N-ethyl adjacent to an activating group) is 1. The Bertz CT molecular complexity index is 550. The largest absolute Gasteiger partial charge is 0.358 e. The Hall–Kier alpha value is -1.57. The van der Waals surface area contributed by atoms with E-state index in [1.165, 1.54) is 7.05 Å². The molecule has 8 heteroatoms. The molecule has 0 bridgehead atoms. The average Bonchev–Trinajstić information content (AvgIpc) is 2.66.